The predicted molar refractivity (Wildman–Crippen MR) is 289 cm³/mol. The van der Waals surface area contributed by atoms with E-state index in [0.29, 0.717) is 78.2 Å². The molecule has 0 aliphatic heterocycles. The Morgan fingerprint density at radius 2 is 1.26 bits per heavy atom. The summed E-state index contributed by atoms with van der Waals surface area (Å²) in [7, 11) is 0. The molecule has 2 heterocycles. The monoisotopic (exact) mass is 1110 g/mol. The molecule has 0 amide bonds. The van der Waals surface area contributed by atoms with Gasteiger partial charge in [0.05, 0.1) is 31.9 Å². The van der Waals surface area contributed by atoms with Crippen LogP contribution in [0.3, 0.4) is 0 Å². The van der Waals surface area contributed by atoms with Gasteiger partial charge in [-0.1, -0.05) is 204 Å². The van der Waals surface area contributed by atoms with E-state index in [1.165, 1.54) is 0 Å². The van der Waals surface area contributed by atoms with E-state index < -0.39 is 91.9 Å². The summed E-state index contributed by atoms with van der Waals surface area (Å²) in [6.45, 7) is -6.39. The summed E-state index contributed by atoms with van der Waals surface area (Å²) < 4.78 is 168. The molecule has 0 spiro atoms. The number of aromatic hydroxyl groups is 1. The average molecular weight is 1110 g/mol. The second-order valence-corrected chi connectivity index (χ2v) is 17.7. The van der Waals surface area contributed by atoms with Gasteiger partial charge < -0.3 is 5.11 Å². The van der Waals surface area contributed by atoms with Gasteiger partial charge in [-0.15, -0.1) is 23.8 Å². The van der Waals surface area contributed by atoms with Gasteiger partial charge in [0.15, 0.2) is 0 Å². The number of pyridine rings is 1. The molecular weight excluding hydrogens is 1030 g/mol. The number of imidazole rings is 1. The molecular formula is C65H58N3OPt-. The van der Waals surface area contributed by atoms with Crippen LogP contribution in [-0.2, 0) is 26.5 Å². The van der Waals surface area contributed by atoms with Gasteiger partial charge >= 0.3 is 0 Å². The molecule has 0 aliphatic rings. The number of hydrogen-bond acceptors (Lipinski definition) is 3. The minimum atomic E-state index is -3.96. The SMILES string of the molecule is [2H]c1nc(-c2[c-]c(-c3cccc4c3nc(-c3cc(C(C)C)cc(C(C)C)c3O)n4-c3cc(-c4ccccc4)c(C([2H])([2H])[2H])cc3-c3ccccc3)cc(-c3ccccc3)c2)c([2H])c(-c2c([2H])c([2H])c(C(C([2H])([2H])[2H])(C([2H])([2H])[2H])C([2H])([2H])[2H])c([2H])c2[2H])c1[2H].[Pt]. The van der Waals surface area contributed by atoms with Crippen molar-refractivity contribution in [2.45, 2.75) is 72.4 Å². The van der Waals surface area contributed by atoms with Crippen molar-refractivity contribution in [3.63, 3.8) is 0 Å². The fraction of sp³-hybridized carbons (Fsp3) is 0.169. The van der Waals surface area contributed by atoms with Crippen LogP contribution < -0.4 is 0 Å². The molecule has 4 nitrogen and oxygen atoms in total. The number of phenolic OH excluding ortho intramolecular Hbond substituents is 1. The molecule has 0 unspecified atom stereocenters. The zero-order chi connectivity index (χ0) is 64.1. The molecule has 0 radical (unpaired) electrons. The Hall–Kier alpha value is -7.13. The maximum absolute atomic E-state index is 12.6. The molecule has 0 bridgehead atoms. The van der Waals surface area contributed by atoms with Crippen LogP contribution in [0.2, 0.25) is 0 Å². The number of aryl methyl sites for hydroxylation is 1. The van der Waals surface area contributed by atoms with E-state index in [1.807, 2.05) is 154 Å². The third kappa shape index (κ3) is 9.34. The van der Waals surface area contributed by atoms with Gasteiger partial charge in [-0.25, -0.2) is 4.98 Å². The summed E-state index contributed by atoms with van der Waals surface area (Å²) in [4.78, 5) is 9.89. The second kappa shape index (κ2) is 19.7. The van der Waals surface area contributed by atoms with Gasteiger partial charge in [0.2, 0.25) is 0 Å². The van der Waals surface area contributed by atoms with Crippen LogP contribution in [-0.4, -0.2) is 19.6 Å². The van der Waals surface area contributed by atoms with Crippen molar-refractivity contribution in [2.24, 2.45) is 0 Å². The average Bonchev–Trinajstić information content (AvgIpc) is 1.57. The van der Waals surface area contributed by atoms with Crippen LogP contribution in [0.5, 0.6) is 5.75 Å². The first kappa shape index (κ1) is 29.8. The van der Waals surface area contributed by atoms with E-state index in [4.69, 9.17) is 26.9 Å². The Bertz CT molecular complexity index is 4300. The van der Waals surface area contributed by atoms with Crippen molar-refractivity contribution in [1.29, 1.82) is 0 Å². The maximum atomic E-state index is 12.6. The van der Waals surface area contributed by atoms with Gasteiger partial charge in [-0.05, 0) is 110 Å². The van der Waals surface area contributed by atoms with Crippen LogP contribution in [0, 0.1) is 12.9 Å². The smallest absolute Gasteiger partial charge is 0.148 e. The van der Waals surface area contributed by atoms with E-state index in [1.54, 1.807) is 24.3 Å². The van der Waals surface area contributed by atoms with Crippen LogP contribution in [0.25, 0.3) is 95.0 Å². The molecule has 70 heavy (non-hydrogen) atoms. The molecule has 2 aromatic heterocycles. The molecule has 0 saturated heterocycles. The number of para-hydroxylation sites is 1. The van der Waals surface area contributed by atoms with Crippen molar-refractivity contribution in [3.05, 3.63) is 216 Å². The number of rotatable bonds is 10. The Morgan fingerprint density at radius 1 is 0.600 bits per heavy atom. The zero-order valence-corrected chi connectivity index (χ0v) is 40.9. The van der Waals surface area contributed by atoms with E-state index in [0.717, 1.165) is 5.56 Å². The fourth-order valence-electron chi connectivity index (χ4n) is 8.68. The normalized spacial score (nSPS) is 16.3. The number of fused-ring (bicyclic) bond motifs is 1. The zero-order valence-electron chi connectivity index (χ0n) is 57.6. The Morgan fingerprint density at radius 3 is 1.90 bits per heavy atom. The summed E-state index contributed by atoms with van der Waals surface area (Å²) in [5, 5.41) is 12.6. The van der Waals surface area contributed by atoms with Crippen LogP contribution >= 0.6 is 0 Å². The number of benzene rings is 8. The third-order valence-electron chi connectivity index (χ3n) is 12.3. The van der Waals surface area contributed by atoms with E-state index in [-0.39, 0.29) is 55.5 Å². The third-order valence-corrected chi connectivity index (χ3v) is 12.3. The van der Waals surface area contributed by atoms with Crippen molar-refractivity contribution in [1.82, 2.24) is 14.5 Å². The van der Waals surface area contributed by atoms with Crippen LogP contribution in [0.15, 0.2) is 188 Å². The molecule has 0 atom stereocenters. The van der Waals surface area contributed by atoms with Crippen LogP contribution in [0.4, 0.5) is 0 Å². The minimum absolute atomic E-state index is 0. The summed E-state index contributed by atoms with van der Waals surface area (Å²) in [6.07, 6.45) is -0.799. The van der Waals surface area contributed by atoms with Gasteiger partial charge in [0, 0.05) is 54.9 Å². The number of aromatic nitrogens is 3. The molecule has 10 rings (SSSR count). The van der Waals surface area contributed by atoms with Crippen molar-refractivity contribution in [2.75, 3.05) is 0 Å². The number of nitrogens with zero attached hydrogens (tertiary/aromatic N) is 3. The molecule has 350 valence electrons. The molecule has 0 aliphatic carbocycles. The van der Waals surface area contributed by atoms with E-state index in [2.05, 4.69) is 11.1 Å². The first-order valence-corrected chi connectivity index (χ1v) is 22.6. The van der Waals surface area contributed by atoms with Gasteiger partial charge in [-0.3, -0.25) is 9.55 Å². The molecule has 10 aromatic rings. The molecule has 0 fully saturated rings. The van der Waals surface area contributed by atoms with E-state index >= 15 is 0 Å². The van der Waals surface area contributed by atoms with Crippen molar-refractivity contribution in [3.8, 4) is 89.7 Å². The van der Waals surface area contributed by atoms with E-state index in [9.17, 15) is 9.22 Å². The fourth-order valence-corrected chi connectivity index (χ4v) is 8.68. The summed E-state index contributed by atoms with van der Waals surface area (Å²) in [5.74, 6) is 0.139. The standard InChI is InChI=1S/C65H58N3O.Pt/c1-41(2)49-37-55(42(3)4)63(69)58(38-49)64-67-62-54(25-18-26-60(62)68(64)61-40-56(46-21-14-10-15-22-46)43(5)33-57(61)47-23-16-11-17-24-47)51-34-50(44-19-12-9-13-20-44)35-52(36-51)59-39-48(31-32-66-59)45-27-29-53(30-28-45)65(6,7)8;/h9-35,37-42,69H,1-8H3;/q-1;/i5D3,6D3,7D3,8D3,27D,28D,29D,30D,31D,32D,39D;. The molecule has 1 N–H and O–H groups in total. The van der Waals surface area contributed by atoms with Crippen molar-refractivity contribution < 1.29 is 52.2 Å². The topological polar surface area (TPSA) is 50.9 Å². The largest absolute Gasteiger partial charge is 0.507 e. The summed E-state index contributed by atoms with van der Waals surface area (Å²) in [5.41, 5.74) is 0.605. The maximum Gasteiger partial charge on any atom is 0.148 e. The molecule has 0 saturated carbocycles. The van der Waals surface area contributed by atoms with Crippen molar-refractivity contribution >= 4 is 11.0 Å². The molecule has 8 aromatic carbocycles. The first-order valence-electron chi connectivity index (χ1n) is 32.1. The molecule has 5 heteroatoms. The van der Waals surface area contributed by atoms with Gasteiger partial charge in [0.25, 0.3) is 0 Å². The minimum Gasteiger partial charge on any atom is -0.507 e. The Balaban J connectivity index is 0.00000941. The second-order valence-electron chi connectivity index (χ2n) is 17.7. The Kier molecular flexibility index (Phi) is 8.39. The van der Waals surface area contributed by atoms with Gasteiger partial charge in [-0.2, -0.15) is 0 Å². The van der Waals surface area contributed by atoms with Gasteiger partial charge in [0.1, 0.15) is 11.6 Å². The van der Waals surface area contributed by atoms with Crippen LogP contribution in [0.1, 0.15) is 108 Å². The Labute approximate surface area is 454 Å². The quantitative estimate of drug-likeness (QED) is 0.139. The predicted octanol–water partition coefficient (Wildman–Crippen LogP) is 17.4. The number of hydrogen-bond donors (Lipinski definition) is 1. The summed E-state index contributed by atoms with van der Waals surface area (Å²) in [6, 6.07) is 40.8. The first-order chi connectivity index (χ1) is 41.2. The summed E-state index contributed by atoms with van der Waals surface area (Å²) >= 11 is 0. The number of phenols is 1.